The predicted octanol–water partition coefficient (Wildman–Crippen LogP) is 9.47. The van der Waals surface area contributed by atoms with Crippen molar-refractivity contribution in [1.29, 1.82) is 0 Å². The van der Waals surface area contributed by atoms with E-state index < -0.39 is 0 Å². The van der Waals surface area contributed by atoms with Crippen LogP contribution in [-0.2, 0) is 29.4 Å². The zero-order valence-electron chi connectivity index (χ0n) is 25.5. The van der Waals surface area contributed by atoms with E-state index in [0.717, 1.165) is 41.8 Å². The summed E-state index contributed by atoms with van der Waals surface area (Å²) in [5, 5.41) is 0. The molecule has 2 aromatic rings. The van der Waals surface area contributed by atoms with E-state index in [1.165, 1.54) is 96.1 Å². The molecule has 218 valence electrons. The monoisotopic (exact) mass is 537 g/mol. The quantitative estimate of drug-likeness (QED) is 0.0853. The summed E-state index contributed by atoms with van der Waals surface area (Å²) in [6.45, 7) is 4.32. The minimum atomic E-state index is -0.217. The Labute approximate surface area is 238 Å². The van der Waals surface area contributed by atoms with Gasteiger partial charge >= 0.3 is 5.97 Å². The lowest BCUT2D eigenvalue weighted by molar-refractivity contribution is -0.140. The molecule has 0 aliphatic carbocycles. The summed E-state index contributed by atoms with van der Waals surface area (Å²) in [5.74, 6) is 0.0268. The average Bonchev–Trinajstić information content (AvgIpc) is 3.18. The van der Waals surface area contributed by atoms with Gasteiger partial charge in [-0.25, -0.2) is 0 Å². The highest BCUT2D eigenvalue weighted by atomic mass is 16.5. The Morgan fingerprint density at radius 2 is 1.23 bits per heavy atom. The van der Waals surface area contributed by atoms with Crippen LogP contribution in [-0.4, -0.2) is 23.4 Å². The third kappa shape index (κ3) is 12.1. The molecule has 0 saturated carbocycles. The molecule has 1 aromatic heterocycles. The Kier molecular flexibility index (Phi) is 16.6. The second kappa shape index (κ2) is 19.7. The van der Waals surface area contributed by atoms with Crippen molar-refractivity contribution in [2.24, 2.45) is 7.05 Å². The number of carbonyl (C=O) groups excluding carboxylic acids is 2. The summed E-state index contributed by atoms with van der Waals surface area (Å²) in [4.78, 5) is 25.3. The smallest absolute Gasteiger partial charge is 0.305 e. The summed E-state index contributed by atoms with van der Waals surface area (Å²) in [6.07, 6.45) is 22.1. The zero-order chi connectivity index (χ0) is 28.3. The van der Waals surface area contributed by atoms with Crippen LogP contribution in [0.1, 0.15) is 149 Å². The van der Waals surface area contributed by atoms with E-state index in [4.69, 9.17) is 4.74 Å². The van der Waals surface area contributed by atoms with Gasteiger partial charge in [0.05, 0.1) is 13.5 Å². The van der Waals surface area contributed by atoms with E-state index in [0.29, 0.717) is 19.3 Å². The van der Waals surface area contributed by atoms with Gasteiger partial charge in [0.2, 0.25) is 0 Å². The molecule has 0 saturated heterocycles. The first-order valence-electron chi connectivity index (χ1n) is 15.8. The van der Waals surface area contributed by atoms with Gasteiger partial charge in [0, 0.05) is 36.8 Å². The zero-order valence-corrected chi connectivity index (χ0v) is 25.5. The largest absolute Gasteiger partial charge is 0.469 e. The molecule has 0 fully saturated rings. The van der Waals surface area contributed by atoms with Crippen molar-refractivity contribution >= 4 is 11.8 Å². The molecule has 0 radical (unpaired) electrons. The van der Waals surface area contributed by atoms with E-state index in [9.17, 15) is 9.59 Å². The predicted molar refractivity (Wildman–Crippen MR) is 164 cm³/mol. The third-order valence-corrected chi connectivity index (χ3v) is 8.20. The molecule has 0 atom stereocenters. The van der Waals surface area contributed by atoms with Crippen LogP contribution in [0.25, 0.3) is 0 Å². The van der Waals surface area contributed by atoms with Gasteiger partial charge in [-0.15, -0.1) is 0 Å². The number of benzene rings is 1. The molecule has 0 unspecified atom stereocenters. The van der Waals surface area contributed by atoms with Crippen LogP contribution in [0.4, 0.5) is 0 Å². The summed E-state index contributed by atoms with van der Waals surface area (Å²) < 4.78 is 7.00. The van der Waals surface area contributed by atoms with Gasteiger partial charge in [-0.1, -0.05) is 127 Å². The fourth-order valence-corrected chi connectivity index (χ4v) is 5.77. The van der Waals surface area contributed by atoms with Crippen LogP contribution < -0.4 is 0 Å². The molecular formula is C35H55NO3. The molecule has 0 N–H and O–H groups in total. The third-order valence-electron chi connectivity index (χ3n) is 8.20. The summed E-state index contributed by atoms with van der Waals surface area (Å²) >= 11 is 0. The minimum Gasteiger partial charge on any atom is -0.469 e. The number of hydrogen-bond donors (Lipinski definition) is 0. The van der Waals surface area contributed by atoms with Crippen LogP contribution in [0.15, 0.2) is 30.3 Å². The van der Waals surface area contributed by atoms with Gasteiger partial charge in [0.25, 0.3) is 0 Å². The molecule has 0 aliphatic heterocycles. The fourth-order valence-electron chi connectivity index (χ4n) is 5.77. The number of Topliss-reactive ketones (excluding diaryl/α,β-unsaturated/α-hetero) is 1. The van der Waals surface area contributed by atoms with E-state index in [1.807, 2.05) is 32.2 Å². The molecule has 0 amide bonds. The highest BCUT2D eigenvalue weighted by Gasteiger charge is 2.23. The number of ether oxygens (including phenoxy) is 1. The first kappa shape index (κ1) is 32.8. The van der Waals surface area contributed by atoms with Gasteiger partial charge in [0.1, 0.15) is 0 Å². The van der Waals surface area contributed by atoms with Crippen LogP contribution in [0.5, 0.6) is 0 Å². The number of carbonyl (C=O) groups is 2. The Morgan fingerprint density at radius 1 is 0.718 bits per heavy atom. The van der Waals surface area contributed by atoms with Crippen LogP contribution in [0, 0.1) is 6.92 Å². The number of rotatable bonds is 22. The first-order chi connectivity index (χ1) is 19.0. The average molecular weight is 538 g/mol. The number of unbranched alkanes of at least 4 members (excludes halogenated alkanes) is 14. The lowest BCUT2D eigenvalue weighted by atomic mass is 9.96. The Bertz CT molecular complexity index is 960. The second-order valence-corrected chi connectivity index (χ2v) is 11.3. The molecule has 0 bridgehead atoms. The topological polar surface area (TPSA) is 48.3 Å². The molecule has 39 heavy (non-hydrogen) atoms. The van der Waals surface area contributed by atoms with Crippen LogP contribution >= 0.6 is 0 Å². The highest BCUT2D eigenvalue weighted by Crippen LogP contribution is 2.27. The minimum absolute atomic E-state index is 0.217. The molecule has 1 aromatic carbocycles. The lowest BCUT2D eigenvalue weighted by Crippen LogP contribution is -2.08. The first-order valence-corrected chi connectivity index (χ1v) is 15.8. The van der Waals surface area contributed by atoms with Gasteiger partial charge in [-0.3, -0.25) is 9.59 Å². The fraction of sp³-hybridized carbons (Fsp3) is 0.657. The van der Waals surface area contributed by atoms with Gasteiger partial charge in [0.15, 0.2) is 5.78 Å². The summed E-state index contributed by atoms with van der Waals surface area (Å²) in [7, 11) is 3.45. The normalized spacial score (nSPS) is 11.2. The summed E-state index contributed by atoms with van der Waals surface area (Å²) in [5.41, 5.74) is 5.21. The van der Waals surface area contributed by atoms with Crippen molar-refractivity contribution in [1.82, 2.24) is 4.57 Å². The maximum Gasteiger partial charge on any atom is 0.305 e. The van der Waals surface area contributed by atoms with Gasteiger partial charge in [-0.05, 0) is 30.9 Å². The number of ketones is 1. The van der Waals surface area contributed by atoms with Crippen molar-refractivity contribution in [2.75, 3.05) is 7.11 Å². The van der Waals surface area contributed by atoms with Crippen molar-refractivity contribution in [3.05, 3.63) is 58.4 Å². The Morgan fingerprint density at radius 3 is 1.74 bits per heavy atom. The van der Waals surface area contributed by atoms with Crippen molar-refractivity contribution in [3.63, 3.8) is 0 Å². The SMILES string of the molecule is CCCCCCCCCCCCCCCCCC(=O)c1c(C)c(CCC(=O)OC)n(C)c1Cc1ccccc1. The number of methoxy groups -OCH3 is 1. The van der Waals surface area contributed by atoms with Crippen LogP contribution in [0.3, 0.4) is 0 Å². The van der Waals surface area contributed by atoms with E-state index >= 15 is 0 Å². The van der Waals surface area contributed by atoms with E-state index in [1.54, 1.807) is 0 Å². The Balaban J connectivity index is 1.76. The molecule has 1 heterocycles. The maximum absolute atomic E-state index is 13.5. The number of esters is 1. The summed E-state index contributed by atoms with van der Waals surface area (Å²) in [6, 6.07) is 10.3. The van der Waals surface area contributed by atoms with Gasteiger partial charge in [-0.2, -0.15) is 0 Å². The van der Waals surface area contributed by atoms with Crippen LogP contribution in [0.2, 0.25) is 0 Å². The highest BCUT2D eigenvalue weighted by molar-refractivity contribution is 5.99. The molecule has 2 rings (SSSR count). The molecular weight excluding hydrogens is 482 g/mol. The Hall–Kier alpha value is -2.36. The molecule has 0 aliphatic rings. The number of aromatic nitrogens is 1. The number of nitrogens with zero attached hydrogens (tertiary/aromatic N) is 1. The van der Waals surface area contributed by atoms with E-state index in [2.05, 4.69) is 23.6 Å². The molecule has 0 spiro atoms. The standard InChI is InChI=1S/C35H55NO3/c1-5-6-7-8-9-10-11-12-13-14-15-16-17-18-22-25-33(37)35-29(2)31(26-27-34(38)39-4)36(3)32(35)28-30-23-20-19-21-24-30/h19-21,23-24H,5-18,22,25-28H2,1-4H3. The van der Waals surface area contributed by atoms with Crippen molar-refractivity contribution in [2.45, 2.75) is 136 Å². The van der Waals surface area contributed by atoms with Crippen molar-refractivity contribution < 1.29 is 14.3 Å². The lowest BCUT2D eigenvalue weighted by Gasteiger charge is -2.10. The van der Waals surface area contributed by atoms with Gasteiger partial charge < -0.3 is 9.30 Å². The second-order valence-electron chi connectivity index (χ2n) is 11.3. The maximum atomic E-state index is 13.5. The van der Waals surface area contributed by atoms with Crippen molar-refractivity contribution in [3.8, 4) is 0 Å². The molecule has 4 heteroatoms. The number of hydrogen-bond acceptors (Lipinski definition) is 3. The van der Waals surface area contributed by atoms with E-state index in [-0.39, 0.29) is 11.8 Å². The molecule has 4 nitrogen and oxygen atoms in total.